The van der Waals surface area contributed by atoms with Gasteiger partial charge in [-0.3, -0.25) is 0 Å². The van der Waals surface area contributed by atoms with Crippen LogP contribution in [-0.4, -0.2) is 5.16 Å². The fraction of sp³-hybridized carbons (Fsp3) is 0.438. The Morgan fingerprint density at radius 1 is 1.25 bits per heavy atom. The predicted octanol–water partition coefficient (Wildman–Crippen LogP) is 4.28. The van der Waals surface area contributed by atoms with Gasteiger partial charge in [0, 0.05) is 5.41 Å². The number of aromatic nitrogens is 1. The van der Waals surface area contributed by atoms with E-state index in [1.165, 1.54) is 25.0 Å². The monoisotopic (exact) mass is 274 g/mol. The first-order valence-corrected chi connectivity index (χ1v) is 7.18. The van der Waals surface area contributed by atoms with Gasteiger partial charge in [0.2, 0.25) is 0 Å². The van der Waals surface area contributed by atoms with Crippen molar-refractivity contribution < 1.29 is 8.91 Å². The third-order valence-corrected chi connectivity index (χ3v) is 4.57. The number of rotatable bonds is 3. The Labute approximate surface area is 118 Å². The number of halogens is 1. The number of nitrogens with two attached hydrogens (primary N) is 1. The van der Waals surface area contributed by atoms with Gasteiger partial charge in [-0.2, -0.15) is 0 Å². The molecule has 20 heavy (non-hydrogen) atoms. The highest BCUT2D eigenvalue weighted by Crippen LogP contribution is 2.48. The molecule has 1 aliphatic rings. The predicted molar refractivity (Wildman–Crippen MR) is 76.7 cm³/mol. The van der Waals surface area contributed by atoms with Gasteiger partial charge < -0.3 is 10.3 Å². The van der Waals surface area contributed by atoms with E-state index in [9.17, 15) is 4.39 Å². The van der Waals surface area contributed by atoms with Crippen molar-refractivity contribution in [3.05, 3.63) is 35.8 Å². The lowest BCUT2D eigenvalue weighted by atomic mass is 9.78. The first kappa shape index (κ1) is 13.2. The first-order chi connectivity index (χ1) is 9.66. The standard InChI is InChI=1S/C16H19FN2O/c1-2-16(9-3-4-10-16)14-13(15(18)19-20-14)11-5-7-12(17)8-6-11/h5-8H,2-4,9-10H2,1H3,(H2,18,19). The summed E-state index contributed by atoms with van der Waals surface area (Å²) in [5.41, 5.74) is 7.75. The topological polar surface area (TPSA) is 52.0 Å². The zero-order chi connectivity index (χ0) is 14.2. The molecule has 0 amide bonds. The van der Waals surface area contributed by atoms with Gasteiger partial charge in [0.05, 0.1) is 5.56 Å². The van der Waals surface area contributed by atoms with Crippen LogP contribution < -0.4 is 5.73 Å². The normalized spacial score (nSPS) is 17.5. The van der Waals surface area contributed by atoms with Gasteiger partial charge in [-0.15, -0.1) is 0 Å². The maximum atomic E-state index is 13.1. The smallest absolute Gasteiger partial charge is 0.175 e. The van der Waals surface area contributed by atoms with Crippen molar-refractivity contribution in [3.8, 4) is 11.1 Å². The van der Waals surface area contributed by atoms with E-state index in [1.54, 1.807) is 12.1 Å². The molecule has 1 fully saturated rings. The summed E-state index contributed by atoms with van der Waals surface area (Å²) in [6.45, 7) is 2.18. The molecule has 0 bridgehead atoms. The van der Waals surface area contributed by atoms with Crippen LogP contribution in [0.25, 0.3) is 11.1 Å². The van der Waals surface area contributed by atoms with Crippen molar-refractivity contribution in [1.82, 2.24) is 5.16 Å². The molecule has 0 radical (unpaired) electrons. The quantitative estimate of drug-likeness (QED) is 0.908. The third kappa shape index (κ3) is 1.99. The maximum Gasteiger partial charge on any atom is 0.175 e. The maximum absolute atomic E-state index is 13.1. The molecule has 1 heterocycles. The van der Waals surface area contributed by atoms with E-state index in [1.807, 2.05) is 0 Å². The second-order valence-corrected chi connectivity index (χ2v) is 5.62. The molecule has 0 atom stereocenters. The molecule has 0 spiro atoms. The number of hydrogen-bond donors (Lipinski definition) is 1. The largest absolute Gasteiger partial charge is 0.380 e. The third-order valence-electron chi connectivity index (χ3n) is 4.57. The fourth-order valence-electron chi connectivity index (χ4n) is 3.35. The Bertz CT molecular complexity index is 597. The van der Waals surface area contributed by atoms with Gasteiger partial charge in [0.1, 0.15) is 5.82 Å². The van der Waals surface area contributed by atoms with Crippen molar-refractivity contribution in [2.75, 3.05) is 5.73 Å². The summed E-state index contributed by atoms with van der Waals surface area (Å²) in [6, 6.07) is 6.36. The second-order valence-electron chi connectivity index (χ2n) is 5.62. The van der Waals surface area contributed by atoms with Crippen LogP contribution in [-0.2, 0) is 5.41 Å². The molecule has 106 valence electrons. The lowest BCUT2D eigenvalue weighted by Gasteiger charge is -2.25. The minimum Gasteiger partial charge on any atom is -0.380 e. The number of hydrogen-bond acceptors (Lipinski definition) is 3. The van der Waals surface area contributed by atoms with Gasteiger partial charge >= 0.3 is 0 Å². The van der Waals surface area contributed by atoms with Crippen LogP contribution in [0.5, 0.6) is 0 Å². The number of anilines is 1. The molecule has 2 aromatic rings. The summed E-state index contributed by atoms with van der Waals surface area (Å²) >= 11 is 0. The number of nitrogens with zero attached hydrogens (tertiary/aromatic N) is 1. The minimum atomic E-state index is -0.253. The van der Waals surface area contributed by atoms with Gasteiger partial charge in [-0.1, -0.05) is 37.1 Å². The molecular weight excluding hydrogens is 255 g/mol. The minimum absolute atomic E-state index is 0.0361. The van der Waals surface area contributed by atoms with Gasteiger partial charge in [-0.25, -0.2) is 4.39 Å². The Balaban J connectivity index is 2.12. The molecule has 0 unspecified atom stereocenters. The van der Waals surface area contributed by atoms with Crippen LogP contribution in [0.2, 0.25) is 0 Å². The molecule has 0 saturated heterocycles. The van der Waals surface area contributed by atoms with Gasteiger partial charge in [0.15, 0.2) is 11.6 Å². The van der Waals surface area contributed by atoms with Crippen LogP contribution in [0.3, 0.4) is 0 Å². The Morgan fingerprint density at radius 3 is 2.50 bits per heavy atom. The molecule has 4 heteroatoms. The molecule has 1 saturated carbocycles. The van der Waals surface area contributed by atoms with Crippen LogP contribution in [0.15, 0.2) is 28.8 Å². The van der Waals surface area contributed by atoms with E-state index in [0.29, 0.717) is 5.82 Å². The summed E-state index contributed by atoms with van der Waals surface area (Å²) in [5.74, 6) is 1.02. The highest BCUT2D eigenvalue weighted by atomic mass is 19.1. The lowest BCUT2D eigenvalue weighted by Crippen LogP contribution is -2.21. The highest BCUT2D eigenvalue weighted by Gasteiger charge is 2.40. The summed E-state index contributed by atoms with van der Waals surface area (Å²) in [6.07, 6.45) is 5.63. The molecule has 1 aromatic carbocycles. The van der Waals surface area contributed by atoms with E-state index in [-0.39, 0.29) is 11.2 Å². The summed E-state index contributed by atoms with van der Waals surface area (Å²) < 4.78 is 18.7. The second kappa shape index (κ2) is 4.93. The van der Waals surface area contributed by atoms with Crippen molar-refractivity contribution >= 4 is 5.82 Å². The fourth-order valence-corrected chi connectivity index (χ4v) is 3.35. The molecular formula is C16H19FN2O. The van der Waals surface area contributed by atoms with Crippen LogP contribution in [0.1, 0.15) is 44.8 Å². The number of nitrogen functional groups attached to an aromatic ring is 1. The summed E-state index contributed by atoms with van der Waals surface area (Å²) in [7, 11) is 0. The van der Waals surface area contributed by atoms with E-state index < -0.39 is 0 Å². The molecule has 1 aliphatic carbocycles. The Hall–Kier alpha value is -1.84. The van der Waals surface area contributed by atoms with Crippen molar-refractivity contribution in [2.45, 2.75) is 44.4 Å². The van der Waals surface area contributed by atoms with Gasteiger partial charge in [-0.05, 0) is 37.0 Å². The van der Waals surface area contributed by atoms with Gasteiger partial charge in [0.25, 0.3) is 0 Å². The van der Waals surface area contributed by atoms with E-state index in [2.05, 4.69) is 12.1 Å². The lowest BCUT2D eigenvalue weighted by molar-refractivity contribution is 0.284. The molecule has 3 nitrogen and oxygen atoms in total. The van der Waals surface area contributed by atoms with E-state index in [0.717, 1.165) is 36.1 Å². The Morgan fingerprint density at radius 2 is 1.90 bits per heavy atom. The number of benzene rings is 1. The van der Waals surface area contributed by atoms with Crippen molar-refractivity contribution in [1.29, 1.82) is 0 Å². The molecule has 0 aliphatic heterocycles. The first-order valence-electron chi connectivity index (χ1n) is 7.18. The zero-order valence-electron chi connectivity index (χ0n) is 11.7. The summed E-state index contributed by atoms with van der Waals surface area (Å²) in [4.78, 5) is 0. The average Bonchev–Trinajstić information content (AvgIpc) is 3.07. The van der Waals surface area contributed by atoms with Crippen LogP contribution in [0.4, 0.5) is 10.2 Å². The highest BCUT2D eigenvalue weighted by molar-refractivity contribution is 5.76. The summed E-state index contributed by atoms with van der Waals surface area (Å²) in [5, 5.41) is 3.96. The molecule has 1 aromatic heterocycles. The Kier molecular flexibility index (Phi) is 3.24. The zero-order valence-corrected chi connectivity index (χ0v) is 11.7. The SMILES string of the molecule is CCC1(c2onc(N)c2-c2ccc(F)cc2)CCCC1. The van der Waals surface area contributed by atoms with Crippen LogP contribution in [0, 0.1) is 5.82 Å². The van der Waals surface area contributed by atoms with Crippen LogP contribution >= 0.6 is 0 Å². The van der Waals surface area contributed by atoms with Crippen molar-refractivity contribution in [3.63, 3.8) is 0 Å². The van der Waals surface area contributed by atoms with E-state index >= 15 is 0 Å². The van der Waals surface area contributed by atoms with Crippen molar-refractivity contribution in [2.24, 2.45) is 0 Å². The molecule has 2 N–H and O–H groups in total. The average molecular weight is 274 g/mol. The van der Waals surface area contributed by atoms with E-state index in [4.69, 9.17) is 10.3 Å². The molecule has 3 rings (SSSR count).